The highest BCUT2D eigenvalue weighted by atomic mass is 14.9. The monoisotopic (exact) mass is 234 g/mol. The molecule has 2 nitrogen and oxygen atoms in total. The number of nitrogens with one attached hydrogen (secondary N) is 1. The lowest BCUT2D eigenvalue weighted by Crippen LogP contribution is -2.24. The molecule has 96 valence electrons. The largest absolute Gasteiger partial charge is 0.310 e. The lowest BCUT2D eigenvalue weighted by atomic mass is 9.91. The topological polar surface area (TPSA) is 24.9 Å². The fraction of sp³-hybridized carbons (Fsp3) is 0.667. The molecular weight excluding hydrogens is 208 g/mol. The first-order valence-electron chi connectivity index (χ1n) is 6.88. The minimum atomic E-state index is 0.480. The normalized spacial score (nSPS) is 14.6. The summed E-state index contributed by atoms with van der Waals surface area (Å²) in [6.45, 7) is 9.99. The molecule has 0 amide bonds. The molecule has 0 aliphatic carbocycles. The van der Waals surface area contributed by atoms with Crippen LogP contribution >= 0.6 is 0 Å². The molecule has 1 N–H and O–H groups in total. The minimum absolute atomic E-state index is 0.480. The summed E-state index contributed by atoms with van der Waals surface area (Å²) < 4.78 is 0. The summed E-state index contributed by atoms with van der Waals surface area (Å²) in [6.07, 6.45) is 7.44. The summed E-state index contributed by atoms with van der Waals surface area (Å²) in [5, 5.41) is 3.61. The Morgan fingerprint density at radius 1 is 1.29 bits per heavy atom. The number of aryl methyl sites for hydroxylation is 1. The first-order chi connectivity index (χ1) is 8.22. The van der Waals surface area contributed by atoms with Crippen LogP contribution in [0.2, 0.25) is 0 Å². The third-order valence-corrected chi connectivity index (χ3v) is 3.48. The van der Waals surface area contributed by atoms with Gasteiger partial charge in [-0.05, 0) is 42.5 Å². The van der Waals surface area contributed by atoms with Gasteiger partial charge in [0.15, 0.2) is 0 Å². The summed E-state index contributed by atoms with van der Waals surface area (Å²) in [4.78, 5) is 4.23. The van der Waals surface area contributed by atoms with Crippen molar-refractivity contribution in [3.63, 3.8) is 0 Å². The smallest absolute Gasteiger partial charge is 0.0326 e. The first kappa shape index (κ1) is 14.2. The molecule has 2 unspecified atom stereocenters. The van der Waals surface area contributed by atoms with Crippen LogP contribution in [0.15, 0.2) is 18.5 Å². The zero-order valence-corrected chi connectivity index (χ0v) is 11.7. The third kappa shape index (κ3) is 4.12. The molecule has 17 heavy (non-hydrogen) atoms. The van der Waals surface area contributed by atoms with E-state index in [9.17, 15) is 0 Å². The van der Waals surface area contributed by atoms with Crippen LogP contribution in [-0.2, 0) is 6.42 Å². The molecule has 0 radical (unpaired) electrons. The summed E-state index contributed by atoms with van der Waals surface area (Å²) in [6, 6.07) is 2.65. The van der Waals surface area contributed by atoms with Crippen LogP contribution in [0.25, 0.3) is 0 Å². The van der Waals surface area contributed by atoms with E-state index in [4.69, 9.17) is 0 Å². The van der Waals surface area contributed by atoms with Gasteiger partial charge in [-0.3, -0.25) is 4.98 Å². The summed E-state index contributed by atoms with van der Waals surface area (Å²) in [5.41, 5.74) is 2.81. The third-order valence-electron chi connectivity index (χ3n) is 3.48. The minimum Gasteiger partial charge on any atom is -0.310 e. The van der Waals surface area contributed by atoms with Crippen molar-refractivity contribution in [2.45, 2.75) is 53.0 Å². The second kappa shape index (κ2) is 7.44. The quantitative estimate of drug-likeness (QED) is 0.777. The highest BCUT2D eigenvalue weighted by molar-refractivity contribution is 5.26. The van der Waals surface area contributed by atoms with Gasteiger partial charge in [-0.1, -0.05) is 34.1 Å². The number of rotatable bonds is 7. The van der Waals surface area contributed by atoms with Crippen LogP contribution in [0.1, 0.15) is 57.7 Å². The van der Waals surface area contributed by atoms with Crippen LogP contribution in [0.3, 0.4) is 0 Å². The fourth-order valence-corrected chi connectivity index (χ4v) is 2.21. The Morgan fingerprint density at radius 3 is 2.65 bits per heavy atom. The van der Waals surface area contributed by atoms with Gasteiger partial charge in [-0.15, -0.1) is 0 Å². The SMILES string of the molecule is CCNC(CC(C)CC)c1ccncc1CC. The van der Waals surface area contributed by atoms with Gasteiger partial charge < -0.3 is 5.32 Å². The Kier molecular flexibility index (Phi) is 6.20. The van der Waals surface area contributed by atoms with Gasteiger partial charge in [0, 0.05) is 18.4 Å². The summed E-state index contributed by atoms with van der Waals surface area (Å²) in [5.74, 6) is 0.761. The van der Waals surface area contributed by atoms with E-state index < -0.39 is 0 Å². The predicted molar refractivity (Wildman–Crippen MR) is 74.1 cm³/mol. The van der Waals surface area contributed by atoms with E-state index in [2.05, 4.69) is 44.1 Å². The molecule has 2 heteroatoms. The van der Waals surface area contributed by atoms with Gasteiger partial charge >= 0.3 is 0 Å². The Bertz CT molecular complexity index is 322. The highest BCUT2D eigenvalue weighted by Gasteiger charge is 2.16. The van der Waals surface area contributed by atoms with E-state index >= 15 is 0 Å². The summed E-state index contributed by atoms with van der Waals surface area (Å²) in [7, 11) is 0. The van der Waals surface area contributed by atoms with Gasteiger partial charge in [-0.2, -0.15) is 0 Å². The van der Waals surface area contributed by atoms with E-state index in [-0.39, 0.29) is 0 Å². The molecule has 0 aliphatic rings. The van der Waals surface area contributed by atoms with Crippen molar-refractivity contribution in [2.24, 2.45) is 5.92 Å². The van der Waals surface area contributed by atoms with Crippen molar-refractivity contribution in [2.75, 3.05) is 6.54 Å². The van der Waals surface area contributed by atoms with E-state index in [1.807, 2.05) is 12.4 Å². The zero-order chi connectivity index (χ0) is 12.7. The van der Waals surface area contributed by atoms with Crippen molar-refractivity contribution in [1.29, 1.82) is 0 Å². The highest BCUT2D eigenvalue weighted by Crippen LogP contribution is 2.25. The molecule has 1 rings (SSSR count). The molecule has 1 aromatic heterocycles. The molecule has 1 heterocycles. The Hall–Kier alpha value is -0.890. The fourth-order valence-electron chi connectivity index (χ4n) is 2.21. The standard InChI is InChI=1S/C15H26N2/c1-5-12(4)10-15(17-7-3)14-8-9-16-11-13(14)6-2/h8-9,11-12,15,17H,5-7,10H2,1-4H3. The van der Waals surface area contributed by atoms with Crippen LogP contribution in [0, 0.1) is 5.92 Å². The molecule has 0 saturated carbocycles. The van der Waals surface area contributed by atoms with Gasteiger partial charge in [0.1, 0.15) is 0 Å². The van der Waals surface area contributed by atoms with Gasteiger partial charge in [0.05, 0.1) is 0 Å². The first-order valence-corrected chi connectivity index (χ1v) is 6.88. The maximum atomic E-state index is 4.23. The number of hydrogen-bond donors (Lipinski definition) is 1. The summed E-state index contributed by atoms with van der Waals surface area (Å²) >= 11 is 0. The predicted octanol–water partition coefficient (Wildman–Crippen LogP) is 3.73. The average molecular weight is 234 g/mol. The molecular formula is C15H26N2. The molecule has 0 spiro atoms. The molecule has 0 aromatic carbocycles. The van der Waals surface area contributed by atoms with Crippen LogP contribution in [-0.4, -0.2) is 11.5 Å². The van der Waals surface area contributed by atoms with Crippen molar-refractivity contribution in [1.82, 2.24) is 10.3 Å². The molecule has 0 aliphatic heterocycles. The zero-order valence-electron chi connectivity index (χ0n) is 11.7. The van der Waals surface area contributed by atoms with Crippen molar-refractivity contribution < 1.29 is 0 Å². The van der Waals surface area contributed by atoms with E-state index in [0.717, 1.165) is 18.9 Å². The number of aromatic nitrogens is 1. The Balaban J connectivity index is 2.88. The molecule has 0 saturated heterocycles. The van der Waals surface area contributed by atoms with Gasteiger partial charge in [-0.25, -0.2) is 0 Å². The maximum Gasteiger partial charge on any atom is 0.0326 e. The maximum absolute atomic E-state index is 4.23. The second-order valence-corrected chi connectivity index (χ2v) is 4.79. The lowest BCUT2D eigenvalue weighted by molar-refractivity contribution is 0.406. The Morgan fingerprint density at radius 2 is 2.06 bits per heavy atom. The Labute approximate surface area is 106 Å². The van der Waals surface area contributed by atoms with Crippen molar-refractivity contribution in [3.05, 3.63) is 29.6 Å². The average Bonchev–Trinajstić information content (AvgIpc) is 2.38. The molecule has 0 fully saturated rings. The lowest BCUT2D eigenvalue weighted by Gasteiger charge is -2.23. The number of hydrogen-bond acceptors (Lipinski definition) is 2. The van der Waals surface area contributed by atoms with Crippen LogP contribution < -0.4 is 5.32 Å². The van der Waals surface area contributed by atoms with Crippen LogP contribution in [0.4, 0.5) is 0 Å². The van der Waals surface area contributed by atoms with Gasteiger partial charge in [0.2, 0.25) is 0 Å². The van der Waals surface area contributed by atoms with E-state index in [0.29, 0.717) is 6.04 Å². The second-order valence-electron chi connectivity index (χ2n) is 4.79. The van der Waals surface area contributed by atoms with E-state index in [1.54, 1.807) is 0 Å². The number of pyridine rings is 1. The molecule has 2 atom stereocenters. The van der Waals surface area contributed by atoms with Crippen molar-refractivity contribution >= 4 is 0 Å². The van der Waals surface area contributed by atoms with Gasteiger partial charge in [0.25, 0.3) is 0 Å². The molecule has 0 bridgehead atoms. The number of nitrogens with zero attached hydrogens (tertiary/aromatic N) is 1. The van der Waals surface area contributed by atoms with E-state index in [1.165, 1.54) is 24.0 Å². The van der Waals surface area contributed by atoms with Crippen molar-refractivity contribution in [3.8, 4) is 0 Å². The van der Waals surface area contributed by atoms with Crippen LogP contribution in [0.5, 0.6) is 0 Å². The molecule has 1 aromatic rings.